The van der Waals surface area contributed by atoms with Crippen molar-refractivity contribution in [3.8, 4) is 0 Å². The monoisotopic (exact) mass is 286 g/mol. The molecule has 2 aliphatic rings. The maximum Gasteiger partial charge on any atom is 0.407 e. The molecule has 20 heavy (non-hydrogen) atoms. The van der Waals surface area contributed by atoms with E-state index in [-0.39, 0.29) is 11.3 Å². The first-order valence-corrected chi connectivity index (χ1v) is 7.58. The second-order valence-electron chi connectivity index (χ2n) is 7.36. The minimum absolute atomic E-state index is 0.00645. The van der Waals surface area contributed by atoms with E-state index in [4.69, 9.17) is 4.74 Å². The SMILES string of the molecule is C[C@@H]1CC2(CCNCC2)[C@@H](NC(=O)OC(C)(C)C)[C@H]1F. The van der Waals surface area contributed by atoms with Gasteiger partial charge in [0.25, 0.3) is 0 Å². The Labute approximate surface area is 120 Å². The molecular weight excluding hydrogens is 259 g/mol. The van der Waals surface area contributed by atoms with E-state index in [0.717, 1.165) is 32.4 Å². The van der Waals surface area contributed by atoms with E-state index >= 15 is 0 Å². The quantitative estimate of drug-likeness (QED) is 0.779. The van der Waals surface area contributed by atoms with Crippen LogP contribution in [0.2, 0.25) is 0 Å². The van der Waals surface area contributed by atoms with Crippen molar-refractivity contribution in [1.82, 2.24) is 10.6 Å². The molecule has 2 fully saturated rings. The maximum atomic E-state index is 14.5. The van der Waals surface area contributed by atoms with Crippen LogP contribution in [0.5, 0.6) is 0 Å². The number of halogens is 1. The lowest BCUT2D eigenvalue weighted by molar-refractivity contribution is 0.0387. The second-order valence-corrected chi connectivity index (χ2v) is 7.36. The molecule has 1 aliphatic heterocycles. The van der Waals surface area contributed by atoms with Crippen LogP contribution in [0.4, 0.5) is 9.18 Å². The van der Waals surface area contributed by atoms with Crippen molar-refractivity contribution < 1.29 is 13.9 Å². The number of carbonyl (C=O) groups excluding carboxylic acids is 1. The van der Waals surface area contributed by atoms with Gasteiger partial charge in [-0.15, -0.1) is 0 Å². The normalized spacial score (nSPS) is 33.1. The number of hydrogen-bond donors (Lipinski definition) is 2. The molecule has 0 aromatic rings. The van der Waals surface area contributed by atoms with Crippen molar-refractivity contribution in [3.63, 3.8) is 0 Å². The number of amides is 1. The number of ether oxygens (including phenoxy) is 1. The van der Waals surface area contributed by atoms with Gasteiger partial charge < -0.3 is 15.4 Å². The number of nitrogens with one attached hydrogen (secondary N) is 2. The number of piperidine rings is 1. The van der Waals surface area contributed by atoms with E-state index in [2.05, 4.69) is 10.6 Å². The summed E-state index contributed by atoms with van der Waals surface area (Å²) in [6.45, 7) is 9.17. The molecule has 1 heterocycles. The first-order chi connectivity index (χ1) is 9.23. The van der Waals surface area contributed by atoms with E-state index in [1.54, 1.807) is 0 Å². The topological polar surface area (TPSA) is 50.4 Å². The molecule has 1 saturated carbocycles. The zero-order chi connectivity index (χ0) is 15.0. The molecule has 1 spiro atoms. The maximum absolute atomic E-state index is 14.5. The predicted molar refractivity (Wildman–Crippen MR) is 76.4 cm³/mol. The Morgan fingerprint density at radius 1 is 1.35 bits per heavy atom. The molecule has 1 amide bonds. The van der Waals surface area contributed by atoms with Crippen LogP contribution in [0.25, 0.3) is 0 Å². The summed E-state index contributed by atoms with van der Waals surface area (Å²) < 4.78 is 19.8. The molecule has 2 N–H and O–H groups in total. The molecule has 1 saturated heterocycles. The van der Waals surface area contributed by atoms with Crippen molar-refractivity contribution in [3.05, 3.63) is 0 Å². The fraction of sp³-hybridized carbons (Fsp3) is 0.933. The van der Waals surface area contributed by atoms with Gasteiger partial charge in [-0.05, 0) is 64.5 Å². The van der Waals surface area contributed by atoms with Gasteiger partial charge in [0, 0.05) is 0 Å². The summed E-state index contributed by atoms with van der Waals surface area (Å²) in [7, 11) is 0. The highest BCUT2D eigenvalue weighted by molar-refractivity contribution is 5.68. The molecule has 3 atom stereocenters. The number of hydrogen-bond acceptors (Lipinski definition) is 3. The standard InChI is InChI=1S/C15H27FN2O2/c1-10-9-15(5-7-17-8-6-15)12(11(10)16)18-13(19)20-14(2,3)4/h10-12,17H,5-9H2,1-4H3,(H,18,19)/t10-,11+,12+/m1/s1. The molecule has 4 nitrogen and oxygen atoms in total. The highest BCUT2D eigenvalue weighted by Crippen LogP contribution is 2.49. The lowest BCUT2D eigenvalue weighted by Crippen LogP contribution is -2.53. The van der Waals surface area contributed by atoms with Crippen LogP contribution in [0.3, 0.4) is 0 Å². The van der Waals surface area contributed by atoms with E-state index in [1.807, 2.05) is 27.7 Å². The predicted octanol–water partition coefficient (Wildman–Crippen LogP) is 2.63. The number of alkyl halides is 1. The summed E-state index contributed by atoms with van der Waals surface area (Å²) in [6.07, 6.45) is 1.19. The van der Waals surface area contributed by atoms with Crippen LogP contribution >= 0.6 is 0 Å². The third-order valence-corrected chi connectivity index (χ3v) is 4.52. The first-order valence-electron chi connectivity index (χ1n) is 7.58. The van der Waals surface area contributed by atoms with Gasteiger partial charge in [-0.3, -0.25) is 0 Å². The van der Waals surface area contributed by atoms with Crippen LogP contribution in [-0.4, -0.2) is 37.0 Å². The summed E-state index contributed by atoms with van der Waals surface area (Å²) in [6, 6.07) is -0.422. The lowest BCUT2D eigenvalue weighted by atomic mass is 9.74. The van der Waals surface area contributed by atoms with Crippen LogP contribution in [0.1, 0.15) is 47.0 Å². The largest absolute Gasteiger partial charge is 0.444 e. The van der Waals surface area contributed by atoms with Crippen molar-refractivity contribution in [2.75, 3.05) is 13.1 Å². The summed E-state index contributed by atoms with van der Waals surface area (Å²) in [5.74, 6) is -0.00645. The molecule has 0 radical (unpaired) electrons. The van der Waals surface area contributed by atoms with Crippen LogP contribution in [0.15, 0.2) is 0 Å². The summed E-state index contributed by atoms with van der Waals surface area (Å²) in [5, 5.41) is 6.12. The third kappa shape index (κ3) is 3.25. The molecule has 0 unspecified atom stereocenters. The first kappa shape index (κ1) is 15.5. The van der Waals surface area contributed by atoms with Gasteiger partial charge in [-0.25, -0.2) is 9.18 Å². The van der Waals surface area contributed by atoms with E-state index in [1.165, 1.54) is 0 Å². The van der Waals surface area contributed by atoms with Crippen LogP contribution in [0, 0.1) is 11.3 Å². The fourth-order valence-corrected chi connectivity index (χ4v) is 3.65. The zero-order valence-corrected chi connectivity index (χ0v) is 13.0. The van der Waals surface area contributed by atoms with E-state index in [0.29, 0.717) is 0 Å². The van der Waals surface area contributed by atoms with Crippen molar-refractivity contribution >= 4 is 6.09 Å². The van der Waals surface area contributed by atoms with Gasteiger partial charge in [-0.2, -0.15) is 0 Å². The Kier molecular flexibility index (Phi) is 4.28. The molecule has 2 rings (SSSR count). The van der Waals surface area contributed by atoms with Crippen LogP contribution < -0.4 is 10.6 Å². The van der Waals surface area contributed by atoms with Gasteiger partial charge in [0.05, 0.1) is 6.04 Å². The Bertz CT molecular complexity index is 361. The van der Waals surface area contributed by atoms with Crippen LogP contribution in [-0.2, 0) is 4.74 Å². The van der Waals surface area contributed by atoms with Crippen molar-refractivity contribution in [1.29, 1.82) is 0 Å². The van der Waals surface area contributed by atoms with Gasteiger partial charge in [0.15, 0.2) is 0 Å². The molecule has 0 aromatic heterocycles. The van der Waals surface area contributed by atoms with Gasteiger partial charge >= 0.3 is 6.09 Å². The average Bonchev–Trinajstić information content (AvgIpc) is 2.53. The van der Waals surface area contributed by atoms with Gasteiger partial charge in [-0.1, -0.05) is 6.92 Å². The minimum atomic E-state index is -0.986. The smallest absolute Gasteiger partial charge is 0.407 e. The highest BCUT2D eigenvalue weighted by Gasteiger charge is 2.53. The zero-order valence-electron chi connectivity index (χ0n) is 13.0. The molecule has 116 valence electrons. The molecule has 0 bridgehead atoms. The van der Waals surface area contributed by atoms with Crippen molar-refractivity contribution in [2.45, 2.75) is 64.8 Å². The summed E-state index contributed by atoms with van der Waals surface area (Å²) in [4.78, 5) is 12.0. The molecule has 1 aliphatic carbocycles. The molecule has 5 heteroatoms. The Morgan fingerprint density at radius 3 is 2.50 bits per heavy atom. The van der Waals surface area contributed by atoms with Gasteiger partial charge in [0.2, 0.25) is 0 Å². The van der Waals surface area contributed by atoms with E-state index in [9.17, 15) is 9.18 Å². The minimum Gasteiger partial charge on any atom is -0.444 e. The van der Waals surface area contributed by atoms with Crippen molar-refractivity contribution in [2.24, 2.45) is 11.3 Å². The highest BCUT2D eigenvalue weighted by atomic mass is 19.1. The van der Waals surface area contributed by atoms with Gasteiger partial charge in [0.1, 0.15) is 11.8 Å². The summed E-state index contributed by atoms with van der Waals surface area (Å²) >= 11 is 0. The fourth-order valence-electron chi connectivity index (χ4n) is 3.65. The van der Waals surface area contributed by atoms with E-state index < -0.39 is 23.9 Å². The molecular formula is C15H27FN2O2. The average molecular weight is 286 g/mol. The number of carbonyl (C=O) groups is 1. The summed E-state index contributed by atoms with van der Waals surface area (Å²) in [5.41, 5.74) is -0.664. The number of rotatable bonds is 1. The number of alkyl carbamates (subject to hydrolysis) is 1. The Balaban J connectivity index is 2.08. The Morgan fingerprint density at radius 2 is 1.95 bits per heavy atom. The Hall–Kier alpha value is -0.840. The lowest BCUT2D eigenvalue weighted by Gasteiger charge is -2.40. The third-order valence-electron chi connectivity index (χ3n) is 4.52. The second kappa shape index (κ2) is 5.51. The molecule has 0 aromatic carbocycles.